The van der Waals surface area contributed by atoms with Crippen LogP contribution in [-0.4, -0.2) is 27.5 Å². The quantitative estimate of drug-likeness (QED) is 0.785. The van der Waals surface area contributed by atoms with E-state index in [0.717, 1.165) is 10.2 Å². The van der Waals surface area contributed by atoms with Crippen LogP contribution in [0.3, 0.4) is 0 Å². The molecule has 0 spiro atoms. The molecule has 2 aromatic heterocycles. The van der Waals surface area contributed by atoms with E-state index in [1.807, 2.05) is 6.07 Å². The molecule has 1 N–H and O–H groups in total. The van der Waals surface area contributed by atoms with Gasteiger partial charge in [-0.15, -0.1) is 0 Å². The first kappa shape index (κ1) is 14.3. The van der Waals surface area contributed by atoms with Gasteiger partial charge in [-0.1, -0.05) is 22.9 Å². The maximum Gasteiger partial charge on any atom is 0.250 e. The highest BCUT2D eigenvalue weighted by atomic mass is 35.5. The number of hydrogen-bond donors (Lipinski definition) is 1. The molecule has 23 heavy (non-hydrogen) atoms. The minimum atomic E-state index is -0.494. The number of ether oxygens (including phenoxy) is 2. The number of nitrogens with one attached hydrogen (secondary N) is 1. The third-order valence-electron chi connectivity index (χ3n) is 3.46. The van der Waals surface area contributed by atoms with Crippen LogP contribution in [0.15, 0.2) is 24.5 Å². The monoisotopic (exact) mass is 350 g/mol. The lowest BCUT2D eigenvalue weighted by molar-refractivity contribution is -0.119. The third kappa shape index (κ3) is 2.60. The van der Waals surface area contributed by atoms with E-state index in [-0.39, 0.29) is 12.7 Å². The molecule has 0 saturated carbocycles. The van der Waals surface area contributed by atoms with Crippen LogP contribution in [-0.2, 0) is 4.79 Å². The number of carbonyl (C=O) groups excluding carboxylic acids is 1. The summed E-state index contributed by atoms with van der Waals surface area (Å²) in [4.78, 5) is 16.7. The molecule has 1 aliphatic rings. The molecule has 0 radical (unpaired) electrons. The smallest absolute Gasteiger partial charge is 0.250 e. The van der Waals surface area contributed by atoms with E-state index in [1.54, 1.807) is 19.2 Å². The Balaban J connectivity index is 1.56. The largest absolute Gasteiger partial charge is 0.454 e. The molecule has 4 rings (SSSR count). The Kier molecular flexibility index (Phi) is 3.35. The third-order valence-corrected chi connectivity index (χ3v) is 4.59. The van der Waals surface area contributed by atoms with E-state index in [9.17, 15) is 4.79 Å². The van der Waals surface area contributed by atoms with Crippen molar-refractivity contribution in [3.8, 4) is 11.5 Å². The van der Waals surface area contributed by atoms with E-state index in [0.29, 0.717) is 21.7 Å². The van der Waals surface area contributed by atoms with Crippen LogP contribution in [0.4, 0.5) is 5.13 Å². The molecule has 1 unspecified atom stereocenters. The van der Waals surface area contributed by atoms with Crippen LogP contribution >= 0.6 is 22.9 Å². The lowest BCUT2D eigenvalue weighted by Crippen LogP contribution is -2.23. The Morgan fingerprint density at radius 3 is 2.96 bits per heavy atom. The Morgan fingerprint density at radius 2 is 2.22 bits per heavy atom. The average Bonchev–Trinajstić information content (AvgIpc) is 3.22. The summed E-state index contributed by atoms with van der Waals surface area (Å²) in [5.74, 6) is 1.14. The summed E-state index contributed by atoms with van der Waals surface area (Å²) in [6, 6.07) is 3.17. The van der Waals surface area contributed by atoms with E-state index in [4.69, 9.17) is 21.1 Å². The minimum Gasteiger partial charge on any atom is -0.454 e. The molecule has 1 atom stereocenters. The predicted octanol–water partition coefficient (Wildman–Crippen LogP) is 3.07. The standard InChI is InChI=1S/C14H11ClN4O3S/c1-7(19-5-8(15)4-16-19)13(20)18-14-17-9-2-10-11(22-6-21-10)3-12(9)23-14/h2-5,7H,6H2,1H3,(H,17,18,20). The van der Waals surface area contributed by atoms with Crippen LogP contribution < -0.4 is 14.8 Å². The number of benzene rings is 1. The van der Waals surface area contributed by atoms with Crippen LogP contribution in [0, 0.1) is 0 Å². The lowest BCUT2D eigenvalue weighted by Gasteiger charge is -2.10. The Bertz CT molecular complexity index is 866. The van der Waals surface area contributed by atoms with Crippen molar-refractivity contribution in [2.24, 2.45) is 0 Å². The molecule has 1 aromatic carbocycles. The van der Waals surface area contributed by atoms with Crippen molar-refractivity contribution < 1.29 is 14.3 Å². The van der Waals surface area contributed by atoms with Gasteiger partial charge >= 0.3 is 0 Å². The molecular weight excluding hydrogens is 340 g/mol. The number of nitrogens with zero attached hydrogens (tertiary/aromatic N) is 3. The number of rotatable bonds is 3. The van der Waals surface area contributed by atoms with Gasteiger partial charge in [0, 0.05) is 18.3 Å². The van der Waals surface area contributed by atoms with Gasteiger partial charge in [0.05, 0.1) is 21.4 Å². The molecule has 3 heterocycles. The van der Waals surface area contributed by atoms with Crippen molar-refractivity contribution in [1.82, 2.24) is 14.8 Å². The number of anilines is 1. The number of carbonyl (C=O) groups is 1. The maximum absolute atomic E-state index is 12.3. The van der Waals surface area contributed by atoms with Gasteiger partial charge in [-0.3, -0.25) is 9.48 Å². The van der Waals surface area contributed by atoms with Crippen molar-refractivity contribution in [3.63, 3.8) is 0 Å². The first-order valence-corrected chi connectivity index (χ1v) is 8.00. The molecule has 0 aliphatic carbocycles. The Labute approximate surface area is 139 Å². The summed E-state index contributed by atoms with van der Waals surface area (Å²) in [7, 11) is 0. The zero-order chi connectivity index (χ0) is 16.0. The van der Waals surface area contributed by atoms with E-state index >= 15 is 0 Å². The second-order valence-electron chi connectivity index (χ2n) is 5.00. The van der Waals surface area contributed by atoms with Gasteiger partial charge in [0.1, 0.15) is 6.04 Å². The zero-order valence-electron chi connectivity index (χ0n) is 11.9. The van der Waals surface area contributed by atoms with Crippen LogP contribution in [0.2, 0.25) is 5.02 Å². The van der Waals surface area contributed by atoms with Gasteiger partial charge in [-0.2, -0.15) is 5.10 Å². The Hall–Kier alpha value is -2.32. The molecular formula is C14H11ClN4O3S. The van der Waals surface area contributed by atoms with Gasteiger partial charge in [0.25, 0.3) is 5.91 Å². The van der Waals surface area contributed by atoms with Crippen molar-refractivity contribution in [3.05, 3.63) is 29.5 Å². The highest BCUT2D eigenvalue weighted by molar-refractivity contribution is 7.22. The SMILES string of the molecule is CC(C(=O)Nc1nc2cc3c(cc2s1)OCO3)n1cc(Cl)cn1. The fraction of sp³-hybridized carbons (Fsp3) is 0.214. The highest BCUT2D eigenvalue weighted by Gasteiger charge is 2.20. The van der Waals surface area contributed by atoms with Gasteiger partial charge in [-0.25, -0.2) is 4.98 Å². The lowest BCUT2D eigenvalue weighted by atomic mass is 10.3. The van der Waals surface area contributed by atoms with Crippen molar-refractivity contribution >= 4 is 44.2 Å². The molecule has 1 aliphatic heterocycles. The van der Waals surface area contributed by atoms with Gasteiger partial charge in [-0.05, 0) is 6.92 Å². The summed E-state index contributed by atoms with van der Waals surface area (Å²) in [6.45, 7) is 1.96. The van der Waals surface area contributed by atoms with Crippen LogP contribution in [0.25, 0.3) is 10.2 Å². The molecule has 0 bridgehead atoms. The minimum absolute atomic E-state index is 0.219. The second-order valence-corrected chi connectivity index (χ2v) is 6.46. The summed E-state index contributed by atoms with van der Waals surface area (Å²) in [5.41, 5.74) is 0.754. The summed E-state index contributed by atoms with van der Waals surface area (Å²) >= 11 is 7.20. The molecule has 9 heteroatoms. The van der Waals surface area contributed by atoms with Crippen LogP contribution in [0.5, 0.6) is 11.5 Å². The zero-order valence-corrected chi connectivity index (χ0v) is 13.5. The first-order valence-electron chi connectivity index (χ1n) is 6.81. The summed E-state index contributed by atoms with van der Waals surface area (Å²) in [6.07, 6.45) is 3.09. The number of aromatic nitrogens is 3. The molecule has 7 nitrogen and oxygen atoms in total. The second kappa shape index (κ2) is 5.39. The maximum atomic E-state index is 12.3. The fourth-order valence-electron chi connectivity index (χ4n) is 2.23. The topological polar surface area (TPSA) is 78.3 Å². The molecule has 0 fully saturated rings. The highest BCUT2D eigenvalue weighted by Crippen LogP contribution is 2.39. The van der Waals surface area contributed by atoms with Crippen molar-refractivity contribution in [2.45, 2.75) is 13.0 Å². The molecule has 3 aromatic rings. The number of halogens is 1. The fourth-order valence-corrected chi connectivity index (χ4v) is 3.25. The molecule has 118 valence electrons. The van der Waals surface area contributed by atoms with E-state index in [1.165, 1.54) is 22.2 Å². The predicted molar refractivity (Wildman–Crippen MR) is 86.3 cm³/mol. The van der Waals surface area contributed by atoms with Gasteiger partial charge in [0.2, 0.25) is 6.79 Å². The van der Waals surface area contributed by atoms with Crippen LogP contribution in [0.1, 0.15) is 13.0 Å². The number of fused-ring (bicyclic) bond motifs is 2. The van der Waals surface area contributed by atoms with Crippen molar-refractivity contribution in [2.75, 3.05) is 12.1 Å². The first-order chi connectivity index (χ1) is 11.1. The summed E-state index contributed by atoms with van der Waals surface area (Å²) < 4.78 is 13.1. The molecule has 0 saturated heterocycles. The van der Waals surface area contributed by atoms with Gasteiger partial charge < -0.3 is 14.8 Å². The van der Waals surface area contributed by atoms with Crippen molar-refractivity contribution in [1.29, 1.82) is 0 Å². The molecule has 1 amide bonds. The number of hydrogen-bond acceptors (Lipinski definition) is 6. The average molecular weight is 351 g/mol. The Morgan fingerprint density at radius 1 is 1.43 bits per heavy atom. The number of amides is 1. The van der Waals surface area contributed by atoms with Gasteiger partial charge in [0.15, 0.2) is 16.6 Å². The number of thiazole rings is 1. The van der Waals surface area contributed by atoms with E-state index in [2.05, 4.69) is 15.4 Å². The normalized spacial score (nSPS) is 14.2. The van der Waals surface area contributed by atoms with E-state index < -0.39 is 6.04 Å². The summed E-state index contributed by atoms with van der Waals surface area (Å²) in [5, 5.41) is 7.83.